The van der Waals surface area contributed by atoms with E-state index in [1.165, 1.54) is 31.8 Å². The van der Waals surface area contributed by atoms with Crippen molar-refractivity contribution in [1.82, 2.24) is 0 Å². The molecule has 0 unspecified atom stereocenters. The minimum atomic E-state index is -1.90. The summed E-state index contributed by atoms with van der Waals surface area (Å²) in [5, 5.41) is 8.75. The maximum atomic E-state index is 2.36. The molecule has 0 fully saturated rings. The Morgan fingerprint density at radius 3 is 0.581 bits per heavy atom. The van der Waals surface area contributed by atoms with Crippen LogP contribution in [0.1, 0.15) is 6.42 Å². The quantitative estimate of drug-likeness (QED) is 0.199. The van der Waals surface area contributed by atoms with Crippen LogP contribution in [0, 0.1) is 0 Å². The minimum Gasteiger partial charge on any atom is -1.00 e. The van der Waals surface area contributed by atoms with E-state index in [1.54, 1.807) is 0 Å². The van der Waals surface area contributed by atoms with Gasteiger partial charge in [-0.25, -0.2) is 0 Å². The van der Waals surface area contributed by atoms with Crippen LogP contribution in [-0.4, -0.2) is 12.3 Å². The van der Waals surface area contributed by atoms with Gasteiger partial charge in [-0.05, 0) is 72.8 Å². The Labute approximate surface area is 270 Å². The van der Waals surface area contributed by atoms with Gasteiger partial charge < -0.3 is 24.8 Å². The van der Waals surface area contributed by atoms with Crippen molar-refractivity contribution in [2.75, 3.05) is 12.3 Å². The van der Waals surface area contributed by atoms with Crippen LogP contribution in [0.15, 0.2) is 182 Å². The number of benzene rings is 6. The summed E-state index contributed by atoms with van der Waals surface area (Å²) in [5.41, 5.74) is 0. The smallest absolute Gasteiger partial charge is 0.112 e. The van der Waals surface area contributed by atoms with Gasteiger partial charge in [-0.2, -0.15) is 0 Å². The predicted octanol–water partition coefficient (Wildman–Crippen LogP) is 1.37. The van der Waals surface area contributed by atoms with Gasteiger partial charge in [0.15, 0.2) is 0 Å². The second-order valence-corrected chi connectivity index (χ2v) is 17.7. The summed E-state index contributed by atoms with van der Waals surface area (Å²) in [6.45, 7) is 0. The van der Waals surface area contributed by atoms with Crippen molar-refractivity contribution >= 4 is 46.4 Å². The summed E-state index contributed by atoms with van der Waals surface area (Å²) in [5.74, 6) is 0. The Bertz CT molecular complexity index is 1310. The Morgan fingerprint density at radius 1 is 0.256 bits per heavy atom. The second kappa shape index (κ2) is 15.5. The summed E-state index contributed by atoms with van der Waals surface area (Å²) in [7, 11) is -3.79. The van der Waals surface area contributed by atoms with Gasteiger partial charge in [-0.3, -0.25) is 0 Å². The lowest BCUT2D eigenvalue weighted by molar-refractivity contribution is -0.001000. The number of hydrogen-bond donors (Lipinski definition) is 0. The molecule has 0 radical (unpaired) electrons. The normalized spacial score (nSPS) is 11.2. The molecule has 0 aliphatic rings. The lowest BCUT2D eigenvalue weighted by atomic mass is 10.3. The van der Waals surface area contributed by atoms with Gasteiger partial charge in [0.05, 0.1) is 12.3 Å². The highest BCUT2D eigenvalue weighted by molar-refractivity contribution is 7.96. The first-order valence-electron chi connectivity index (χ1n) is 14.4. The summed E-state index contributed by atoms with van der Waals surface area (Å²) in [6, 6.07) is 67.8. The number of halogens is 2. The number of rotatable bonds is 10. The number of hydrogen-bond acceptors (Lipinski definition) is 0. The zero-order valence-electron chi connectivity index (χ0n) is 24.1. The molecular formula is C39H36Cl2P2. The van der Waals surface area contributed by atoms with Crippen molar-refractivity contribution in [3.8, 4) is 0 Å². The highest BCUT2D eigenvalue weighted by atomic mass is 35.5. The standard InChI is InChI=1S/C39H36P2.2ClH/c1-7-20-34(21-8-1)40(35-22-9-2-10-23-35,36-24-11-3-12-25-36)32-19-33-41(37-26-13-4-14-27-37,38-28-15-5-16-29-38)39-30-17-6-18-31-39;;/h1-18,20-31H,19,32-33H2;2*1H/q+2;;/p-2. The van der Waals surface area contributed by atoms with Crippen LogP contribution in [0.5, 0.6) is 0 Å². The van der Waals surface area contributed by atoms with Crippen molar-refractivity contribution in [3.63, 3.8) is 0 Å². The topological polar surface area (TPSA) is 0 Å². The molecule has 6 rings (SSSR count). The van der Waals surface area contributed by atoms with Crippen LogP contribution in [-0.2, 0) is 0 Å². The molecular weight excluding hydrogens is 601 g/mol. The summed E-state index contributed by atoms with van der Waals surface area (Å²) < 4.78 is 0. The fraction of sp³-hybridized carbons (Fsp3) is 0.0769. The first kappa shape index (κ1) is 32.7. The lowest BCUT2D eigenvalue weighted by Crippen LogP contribution is -3.00. The molecule has 0 spiro atoms. The second-order valence-electron chi connectivity index (χ2n) is 10.4. The predicted molar refractivity (Wildman–Crippen MR) is 185 cm³/mol. The van der Waals surface area contributed by atoms with E-state index in [2.05, 4.69) is 182 Å². The van der Waals surface area contributed by atoms with Crippen molar-refractivity contribution in [3.05, 3.63) is 182 Å². The molecule has 43 heavy (non-hydrogen) atoms. The third-order valence-electron chi connectivity index (χ3n) is 8.17. The van der Waals surface area contributed by atoms with Crippen LogP contribution in [0.2, 0.25) is 0 Å². The average molecular weight is 638 g/mol. The molecule has 0 aliphatic carbocycles. The summed E-state index contributed by atoms with van der Waals surface area (Å²) in [4.78, 5) is 0. The third-order valence-corrected chi connectivity index (χ3v) is 17.2. The van der Waals surface area contributed by atoms with Crippen molar-refractivity contribution < 1.29 is 24.8 Å². The van der Waals surface area contributed by atoms with E-state index < -0.39 is 14.5 Å². The SMILES string of the molecule is [Cl-].[Cl-].c1ccc([P+](CCC[P+](c2ccccc2)(c2ccccc2)c2ccccc2)(c2ccccc2)c2ccccc2)cc1. The highest BCUT2D eigenvalue weighted by Crippen LogP contribution is 2.60. The van der Waals surface area contributed by atoms with Crippen LogP contribution in [0.25, 0.3) is 0 Å². The molecule has 0 nitrogen and oxygen atoms in total. The van der Waals surface area contributed by atoms with E-state index in [0.29, 0.717) is 0 Å². The van der Waals surface area contributed by atoms with Crippen LogP contribution in [0.4, 0.5) is 0 Å². The van der Waals surface area contributed by atoms with E-state index in [1.807, 2.05) is 0 Å². The van der Waals surface area contributed by atoms with E-state index in [9.17, 15) is 0 Å². The Hall–Kier alpha value is -3.24. The summed E-state index contributed by atoms with van der Waals surface area (Å²) in [6.07, 6.45) is 3.37. The highest BCUT2D eigenvalue weighted by Gasteiger charge is 2.49. The van der Waals surface area contributed by atoms with Gasteiger partial charge in [-0.1, -0.05) is 109 Å². The van der Waals surface area contributed by atoms with Crippen molar-refractivity contribution in [1.29, 1.82) is 0 Å². The summed E-state index contributed by atoms with van der Waals surface area (Å²) >= 11 is 0. The largest absolute Gasteiger partial charge is 1.00 e. The Morgan fingerprint density at radius 2 is 0.419 bits per heavy atom. The monoisotopic (exact) mass is 636 g/mol. The average Bonchev–Trinajstić information content (AvgIpc) is 3.08. The maximum absolute atomic E-state index is 2.36. The first-order valence-corrected chi connectivity index (χ1v) is 18.4. The molecule has 0 saturated carbocycles. The fourth-order valence-corrected chi connectivity index (χ4v) is 15.2. The zero-order valence-corrected chi connectivity index (χ0v) is 27.4. The van der Waals surface area contributed by atoms with Gasteiger partial charge in [0, 0.05) is 6.42 Å². The molecule has 0 aliphatic heterocycles. The molecule has 6 aromatic rings. The zero-order chi connectivity index (χ0) is 27.8. The molecule has 6 aromatic carbocycles. The Balaban J connectivity index is 0.00000212. The molecule has 216 valence electrons. The van der Waals surface area contributed by atoms with Gasteiger partial charge in [0.25, 0.3) is 0 Å². The van der Waals surface area contributed by atoms with E-state index in [-0.39, 0.29) is 24.8 Å². The van der Waals surface area contributed by atoms with E-state index in [4.69, 9.17) is 0 Å². The van der Waals surface area contributed by atoms with Gasteiger partial charge >= 0.3 is 0 Å². The van der Waals surface area contributed by atoms with Gasteiger partial charge in [0.2, 0.25) is 0 Å². The minimum absolute atomic E-state index is 0. The van der Waals surface area contributed by atoms with Gasteiger partial charge in [-0.15, -0.1) is 0 Å². The molecule has 0 aromatic heterocycles. The lowest BCUT2D eigenvalue weighted by Gasteiger charge is -2.30. The molecule has 0 bridgehead atoms. The van der Waals surface area contributed by atoms with E-state index >= 15 is 0 Å². The molecule has 4 heteroatoms. The molecule has 0 saturated heterocycles. The van der Waals surface area contributed by atoms with Crippen LogP contribution in [0.3, 0.4) is 0 Å². The maximum Gasteiger partial charge on any atom is 0.112 e. The molecule has 0 heterocycles. The Kier molecular flexibility index (Phi) is 11.8. The first-order chi connectivity index (χ1) is 20.3. The molecule has 0 amide bonds. The van der Waals surface area contributed by atoms with Crippen LogP contribution < -0.4 is 56.6 Å². The molecule has 0 atom stereocenters. The van der Waals surface area contributed by atoms with Gasteiger partial charge in [0.1, 0.15) is 46.4 Å². The van der Waals surface area contributed by atoms with Crippen molar-refractivity contribution in [2.45, 2.75) is 6.42 Å². The molecule has 0 N–H and O–H groups in total. The van der Waals surface area contributed by atoms with E-state index in [0.717, 1.165) is 18.7 Å². The fourth-order valence-electron chi connectivity index (χ4n) is 6.31. The van der Waals surface area contributed by atoms with Crippen molar-refractivity contribution in [2.24, 2.45) is 0 Å². The third kappa shape index (κ3) is 6.65. The van der Waals surface area contributed by atoms with Crippen LogP contribution >= 0.6 is 14.5 Å².